The molecule has 0 amide bonds. The largest absolute Gasteiger partial charge is 0.456 e. The van der Waals surface area contributed by atoms with Crippen molar-refractivity contribution in [3.63, 3.8) is 0 Å². The minimum Gasteiger partial charge on any atom is -0.456 e. The van der Waals surface area contributed by atoms with Crippen LogP contribution in [0, 0.1) is 0 Å². The lowest BCUT2D eigenvalue weighted by Crippen LogP contribution is -1.93. The van der Waals surface area contributed by atoms with Gasteiger partial charge in [-0.25, -0.2) is 0 Å². The standard InChI is InChI=1S/C50H30O/c1-2-13-33-27-37(22-21-31(33)11-1)48-39-17-7-9-19-41(39)49(42-20-10-8-18-40(42)48)45-29-35-15-4-3-14-34(35)28-44(45)36-23-25-43-47(30-36)51-46-26-24-32-12-5-6-16-38(32)50(43)46/h1-30H/i1D,2D,3D,4D,5D,6D,7D,8D,9D,10D,11D,12D,13D,14D,15D,16D,17D,18D,19D,20D,21D,22D,23D,24D,25D,26D,27D,28D,29D,30D. The van der Waals surface area contributed by atoms with E-state index in [2.05, 4.69) is 0 Å². The van der Waals surface area contributed by atoms with Crippen molar-refractivity contribution in [1.29, 1.82) is 0 Å². The lowest BCUT2D eigenvalue weighted by Gasteiger charge is -2.20. The zero-order chi connectivity index (χ0) is 59.6. The van der Waals surface area contributed by atoms with Gasteiger partial charge in [-0.2, -0.15) is 0 Å². The fraction of sp³-hybridized carbons (Fsp3) is 0. The third-order valence-corrected chi connectivity index (χ3v) is 8.51. The van der Waals surface area contributed by atoms with Crippen LogP contribution in [0.1, 0.15) is 41.1 Å². The van der Waals surface area contributed by atoms with Crippen molar-refractivity contribution in [1.82, 2.24) is 0 Å². The Kier molecular flexibility index (Phi) is 2.50. The summed E-state index contributed by atoms with van der Waals surface area (Å²) in [5, 5.41) is -8.03. The topological polar surface area (TPSA) is 13.1 Å². The second-order valence-electron chi connectivity index (χ2n) is 11.3. The zero-order valence-electron chi connectivity index (χ0n) is 55.4. The fourth-order valence-corrected chi connectivity index (χ4v) is 6.35. The van der Waals surface area contributed by atoms with E-state index in [-0.39, 0.29) is 0 Å². The second-order valence-corrected chi connectivity index (χ2v) is 11.3. The maximum atomic E-state index is 10.1. The molecule has 1 nitrogen and oxygen atoms in total. The molecule has 0 saturated heterocycles. The van der Waals surface area contributed by atoms with Crippen molar-refractivity contribution in [2.75, 3.05) is 0 Å². The average Bonchev–Trinajstić information content (AvgIpc) is 3.35. The monoisotopic (exact) mass is 676 g/mol. The molecule has 11 aromatic rings. The van der Waals surface area contributed by atoms with Crippen LogP contribution in [0.4, 0.5) is 0 Å². The van der Waals surface area contributed by atoms with Gasteiger partial charge in [-0.1, -0.05) is 145 Å². The molecule has 236 valence electrons. The van der Waals surface area contributed by atoms with E-state index in [1.165, 1.54) is 0 Å². The quantitative estimate of drug-likeness (QED) is 0.170. The van der Waals surface area contributed by atoms with Crippen LogP contribution in [0.5, 0.6) is 0 Å². The molecule has 10 aromatic carbocycles. The van der Waals surface area contributed by atoms with E-state index in [9.17, 15) is 15.1 Å². The first-order chi connectivity index (χ1) is 37.8. The van der Waals surface area contributed by atoms with Gasteiger partial charge in [-0.3, -0.25) is 0 Å². The van der Waals surface area contributed by atoms with Crippen LogP contribution in [-0.2, 0) is 0 Å². The van der Waals surface area contributed by atoms with Crippen molar-refractivity contribution in [2.45, 2.75) is 0 Å². The number of hydrogen-bond acceptors (Lipinski definition) is 1. The molecule has 0 spiro atoms. The first-order valence-corrected chi connectivity index (χ1v) is 15.2. The van der Waals surface area contributed by atoms with E-state index in [4.69, 9.17) is 30.5 Å². The molecule has 0 atom stereocenters. The van der Waals surface area contributed by atoms with Crippen LogP contribution in [0.3, 0.4) is 0 Å². The summed E-state index contributed by atoms with van der Waals surface area (Å²) in [6, 6.07) is -28.7. The lowest BCUT2D eigenvalue weighted by molar-refractivity contribution is 0.669. The van der Waals surface area contributed by atoms with Gasteiger partial charge in [0, 0.05) is 10.8 Å². The molecule has 0 fully saturated rings. The molecule has 0 aliphatic heterocycles. The van der Waals surface area contributed by atoms with Crippen LogP contribution in [0.25, 0.3) is 109 Å². The maximum absolute atomic E-state index is 10.1. The molecule has 11 rings (SSSR count). The Morgan fingerprint density at radius 2 is 0.824 bits per heavy atom. The van der Waals surface area contributed by atoms with Crippen molar-refractivity contribution < 1.29 is 45.5 Å². The summed E-state index contributed by atoms with van der Waals surface area (Å²) in [6.07, 6.45) is 0. The van der Waals surface area contributed by atoms with Crippen molar-refractivity contribution >= 4 is 75.8 Å². The normalized spacial score (nSPS) is 20.2. The van der Waals surface area contributed by atoms with Crippen molar-refractivity contribution in [2.24, 2.45) is 0 Å². The van der Waals surface area contributed by atoms with E-state index in [1.54, 1.807) is 0 Å². The summed E-state index contributed by atoms with van der Waals surface area (Å²) in [4.78, 5) is 0. The van der Waals surface area contributed by atoms with Gasteiger partial charge in [0.2, 0.25) is 0 Å². The number of benzene rings is 10. The SMILES string of the molecule is [2H]c1c([2H])c([2H])c2c([2H])c(-c3c4c([2H])c([2H])c([2H])c([2H])c4c(-c4c(-c5c([2H])c([2H])c6c(oc7c([2H])c([2H])c8c([2H])c([2H])c([2H])c([2H])c8c76)c5[2H])c([2H])c5c([2H])c([2H])c([2H])c([2H])c5c4[2H])c4c([2H])c([2H])c([2H])c([2H])c34)c([2H])c([2H])c2c1[2H]. The molecular weight excluding hydrogens is 617 g/mol. The Morgan fingerprint density at radius 3 is 1.51 bits per heavy atom. The Balaban J connectivity index is 1.47. The minimum absolute atomic E-state index is 0.408. The molecule has 1 aromatic heterocycles. The summed E-state index contributed by atoms with van der Waals surface area (Å²) < 4.78 is 280. The highest BCUT2D eigenvalue weighted by Crippen LogP contribution is 2.48. The molecule has 0 unspecified atom stereocenters. The molecule has 0 radical (unpaired) electrons. The highest BCUT2D eigenvalue weighted by molar-refractivity contribution is 6.24. The smallest absolute Gasteiger partial charge is 0.136 e. The van der Waals surface area contributed by atoms with Crippen molar-refractivity contribution in [3.8, 4) is 33.4 Å². The molecule has 0 aliphatic carbocycles. The number of furan rings is 1. The van der Waals surface area contributed by atoms with Crippen LogP contribution >= 0.6 is 0 Å². The molecule has 0 N–H and O–H groups in total. The number of hydrogen-bond donors (Lipinski definition) is 0. The Bertz CT molecular complexity index is 4850. The van der Waals surface area contributed by atoms with Gasteiger partial charge in [0.1, 0.15) is 11.2 Å². The van der Waals surface area contributed by atoms with E-state index in [0.717, 1.165) is 0 Å². The minimum atomic E-state index is -1.09. The Morgan fingerprint density at radius 1 is 0.314 bits per heavy atom. The van der Waals surface area contributed by atoms with Gasteiger partial charge < -0.3 is 4.42 Å². The van der Waals surface area contributed by atoms with Crippen LogP contribution < -0.4 is 0 Å². The second kappa shape index (κ2) is 10.9. The highest BCUT2D eigenvalue weighted by atomic mass is 16.3. The summed E-state index contributed by atoms with van der Waals surface area (Å²) >= 11 is 0. The molecule has 51 heavy (non-hydrogen) atoms. The van der Waals surface area contributed by atoms with Crippen LogP contribution in [-0.4, -0.2) is 0 Å². The Hall–Kier alpha value is -6.70. The van der Waals surface area contributed by atoms with Gasteiger partial charge in [0.25, 0.3) is 0 Å². The lowest BCUT2D eigenvalue weighted by atomic mass is 9.82. The fourth-order valence-electron chi connectivity index (χ4n) is 6.35. The number of fused-ring (bicyclic) bond motifs is 9. The van der Waals surface area contributed by atoms with Gasteiger partial charge in [0.05, 0.1) is 41.1 Å². The molecule has 0 bridgehead atoms. The predicted molar refractivity (Wildman–Crippen MR) is 218 cm³/mol. The first kappa shape index (κ1) is 11.7. The van der Waals surface area contributed by atoms with Gasteiger partial charge in [-0.15, -0.1) is 0 Å². The van der Waals surface area contributed by atoms with Crippen LogP contribution in [0.15, 0.2) is 186 Å². The van der Waals surface area contributed by atoms with Gasteiger partial charge in [-0.05, 0) is 123 Å². The molecule has 0 saturated carbocycles. The summed E-state index contributed by atoms with van der Waals surface area (Å²) in [5.74, 6) is 0. The van der Waals surface area contributed by atoms with Gasteiger partial charge >= 0.3 is 0 Å². The van der Waals surface area contributed by atoms with Crippen molar-refractivity contribution in [3.05, 3.63) is 181 Å². The molecule has 0 aliphatic rings. The molecular formula is C50H30O. The zero-order valence-corrected chi connectivity index (χ0v) is 25.4. The first-order valence-electron chi connectivity index (χ1n) is 30.2. The summed E-state index contributed by atoms with van der Waals surface area (Å²) in [6.45, 7) is 0. The van der Waals surface area contributed by atoms with Crippen LogP contribution in [0.2, 0.25) is 0 Å². The molecule has 1 heteroatoms. The van der Waals surface area contributed by atoms with E-state index in [0.29, 0.717) is 0 Å². The van der Waals surface area contributed by atoms with E-state index < -0.39 is 290 Å². The molecule has 1 heterocycles. The maximum Gasteiger partial charge on any atom is 0.136 e. The third kappa shape index (κ3) is 4.28. The van der Waals surface area contributed by atoms with Gasteiger partial charge in [0.15, 0.2) is 0 Å². The highest BCUT2D eigenvalue weighted by Gasteiger charge is 2.21. The van der Waals surface area contributed by atoms with E-state index in [1.807, 2.05) is 0 Å². The summed E-state index contributed by atoms with van der Waals surface area (Å²) in [5.41, 5.74) is -6.58. The Labute approximate surface area is 336 Å². The third-order valence-electron chi connectivity index (χ3n) is 8.51. The number of rotatable bonds is 3. The van der Waals surface area contributed by atoms with E-state index >= 15 is 0 Å². The summed E-state index contributed by atoms with van der Waals surface area (Å²) in [7, 11) is 0. The average molecular weight is 677 g/mol. The predicted octanol–water partition coefficient (Wildman–Crippen LogP) is 14.4.